The Kier molecular flexibility index (Phi) is 5.46. The van der Waals surface area contributed by atoms with Crippen LogP contribution in [0.5, 0.6) is 0 Å². The maximum Gasteiger partial charge on any atom is 0.359 e. The normalized spacial score (nSPS) is 10.3. The highest BCUT2D eigenvalue weighted by atomic mass is 16.5. The van der Waals surface area contributed by atoms with Crippen molar-refractivity contribution in [3.05, 3.63) is 70.1 Å². The lowest BCUT2D eigenvalue weighted by Gasteiger charge is -2.10. The Hall–Kier alpha value is -3.99. The molecule has 140 valence electrons. The largest absolute Gasteiger partial charge is 0.451 e. The third-order valence-electron chi connectivity index (χ3n) is 3.97. The summed E-state index contributed by atoms with van der Waals surface area (Å²) in [5.41, 5.74) is 0.483. The van der Waals surface area contributed by atoms with E-state index in [9.17, 15) is 14.4 Å². The van der Waals surface area contributed by atoms with Crippen molar-refractivity contribution in [1.29, 1.82) is 5.26 Å². The summed E-state index contributed by atoms with van der Waals surface area (Å²) in [5, 5.41) is 16.2. The number of nitrogens with zero attached hydrogens (tertiary/aromatic N) is 3. The molecule has 1 N–H and O–H groups in total. The number of amides is 1. The van der Waals surface area contributed by atoms with Crippen LogP contribution in [0.3, 0.4) is 0 Å². The van der Waals surface area contributed by atoms with Gasteiger partial charge >= 0.3 is 5.97 Å². The highest BCUT2D eigenvalue weighted by Crippen LogP contribution is 2.14. The van der Waals surface area contributed by atoms with Crippen molar-refractivity contribution in [2.24, 2.45) is 0 Å². The van der Waals surface area contributed by atoms with Crippen molar-refractivity contribution < 1.29 is 14.3 Å². The van der Waals surface area contributed by atoms with Gasteiger partial charge in [0.15, 0.2) is 12.3 Å². The first-order valence-electron chi connectivity index (χ1n) is 8.50. The number of hydrogen-bond donors (Lipinski definition) is 1. The van der Waals surface area contributed by atoms with E-state index in [1.54, 1.807) is 49.4 Å². The lowest BCUT2D eigenvalue weighted by Crippen LogP contribution is -2.27. The number of nitrogens with one attached hydrogen (secondary N) is 1. The van der Waals surface area contributed by atoms with Gasteiger partial charge in [-0.15, -0.1) is 0 Å². The van der Waals surface area contributed by atoms with E-state index in [-0.39, 0.29) is 11.3 Å². The molecule has 0 fully saturated rings. The Morgan fingerprint density at radius 1 is 1.18 bits per heavy atom. The summed E-state index contributed by atoms with van der Waals surface area (Å²) in [4.78, 5) is 36.8. The molecule has 28 heavy (non-hydrogen) atoms. The number of carbonyl (C=O) groups excluding carboxylic acids is 2. The van der Waals surface area contributed by atoms with E-state index < -0.39 is 18.5 Å². The van der Waals surface area contributed by atoms with E-state index in [0.717, 1.165) is 0 Å². The van der Waals surface area contributed by atoms with Crippen molar-refractivity contribution in [2.75, 3.05) is 11.9 Å². The van der Waals surface area contributed by atoms with Crippen LogP contribution in [0.25, 0.3) is 10.8 Å². The van der Waals surface area contributed by atoms with Gasteiger partial charge in [-0.3, -0.25) is 9.59 Å². The quantitative estimate of drug-likeness (QED) is 0.682. The molecule has 3 aromatic rings. The fourth-order valence-corrected chi connectivity index (χ4v) is 2.66. The van der Waals surface area contributed by atoms with E-state index in [0.29, 0.717) is 28.6 Å². The number of aromatic nitrogens is 2. The average Bonchev–Trinajstić information content (AvgIpc) is 2.72. The van der Waals surface area contributed by atoms with Crippen molar-refractivity contribution in [3.8, 4) is 6.07 Å². The summed E-state index contributed by atoms with van der Waals surface area (Å²) in [7, 11) is 0. The highest BCUT2D eigenvalue weighted by Gasteiger charge is 2.18. The maximum atomic E-state index is 12.5. The number of carbonyl (C=O) groups is 2. The molecule has 2 aromatic carbocycles. The van der Waals surface area contributed by atoms with Gasteiger partial charge in [-0.25, -0.2) is 9.48 Å². The minimum atomic E-state index is -0.806. The van der Waals surface area contributed by atoms with Gasteiger partial charge in [0.25, 0.3) is 11.5 Å². The van der Waals surface area contributed by atoms with Crippen LogP contribution in [0, 0.1) is 11.3 Å². The lowest BCUT2D eigenvalue weighted by atomic mass is 10.1. The van der Waals surface area contributed by atoms with Gasteiger partial charge in [0, 0.05) is 17.6 Å². The smallest absolute Gasteiger partial charge is 0.359 e. The molecule has 0 saturated carbocycles. The number of benzene rings is 2. The van der Waals surface area contributed by atoms with Crippen LogP contribution in [0.1, 0.15) is 23.0 Å². The minimum Gasteiger partial charge on any atom is -0.451 e. The average molecular weight is 376 g/mol. The summed E-state index contributed by atoms with van der Waals surface area (Å²) in [5.74, 6) is -1.36. The predicted molar refractivity (Wildman–Crippen MR) is 102 cm³/mol. The molecule has 8 nitrogen and oxygen atoms in total. The molecule has 0 aliphatic carbocycles. The number of ether oxygens (including phenoxy) is 1. The molecule has 3 rings (SSSR count). The lowest BCUT2D eigenvalue weighted by molar-refractivity contribution is -0.119. The van der Waals surface area contributed by atoms with Gasteiger partial charge in [0.2, 0.25) is 0 Å². The summed E-state index contributed by atoms with van der Waals surface area (Å²) < 4.78 is 6.25. The molecule has 0 bridgehead atoms. The molecule has 0 radical (unpaired) electrons. The van der Waals surface area contributed by atoms with Gasteiger partial charge < -0.3 is 10.1 Å². The Morgan fingerprint density at radius 3 is 2.64 bits per heavy atom. The fourth-order valence-electron chi connectivity index (χ4n) is 2.66. The topological polar surface area (TPSA) is 114 Å². The molecule has 0 unspecified atom stereocenters. The molecule has 0 spiro atoms. The van der Waals surface area contributed by atoms with Gasteiger partial charge in [-0.1, -0.05) is 24.3 Å². The molecule has 1 amide bonds. The monoisotopic (exact) mass is 376 g/mol. The zero-order valence-electron chi connectivity index (χ0n) is 15.0. The zero-order chi connectivity index (χ0) is 20.1. The van der Waals surface area contributed by atoms with Crippen LogP contribution in [0.4, 0.5) is 5.69 Å². The Bertz CT molecular complexity index is 1160. The Labute approximate surface area is 160 Å². The number of aryl methyl sites for hydroxylation is 1. The summed E-state index contributed by atoms with van der Waals surface area (Å²) in [6.45, 7) is 1.50. The third kappa shape index (κ3) is 3.88. The SMILES string of the molecule is CCn1nc(C(=O)OCC(=O)Nc2cccc(C#N)c2)c2ccccc2c1=O. The minimum absolute atomic E-state index is 0.0312. The first-order valence-corrected chi connectivity index (χ1v) is 8.50. The molecular formula is C20H16N4O4. The number of hydrogen-bond acceptors (Lipinski definition) is 6. The van der Waals surface area contributed by atoms with Gasteiger partial charge in [0.1, 0.15) is 0 Å². The number of rotatable bonds is 5. The second-order valence-electron chi connectivity index (χ2n) is 5.83. The highest BCUT2D eigenvalue weighted by molar-refractivity contribution is 6.03. The molecule has 8 heteroatoms. The number of nitriles is 1. The standard InChI is InChI=1S/C20H16N4O4/c1-2-24-19(26)16-9-4-3-8-15(16)18(23-24)20(27)28-12-17(25)22-14-7-5-6-13(10-14)11-21/h3-10H,2,12H2,1H3,(H,22,25). The zero-order valence-corrected chi connectivity index (χ0v) is 15.0. The van der Waals surface area contributed by atoms with Crippen molar-refractivity contribution >= 4 is 28.3 Å². The second kappa shape index (κ2) is 8.14. The van der Waals surface area contributed by atoms with E-state index >= 15 is 0 Å². The first kappa shape index (κ1) is 18.8. The molecule has 0 atom stereocenters. The van der Waals surface area contributed by atoms with E-state index in [2.05, 4.69) is 10.4 Å². The predicted octanol–water partition coefficient (Wildman–Crippen LogP) is 2.08. The maximum absolute atomic E-state index is 12.5. The van der Waals surface area contributed by atoms with E-state index in [1.807, 2.05) is 6.07 Å². The molecule has 0 aliphatic rings. The van der Waals surface area contributed by atoms with Crippen LogP contribution >= 0.6 is 0 Å². The van der Waals surface area contributed by atoms with E-state index in [1.165, 1.54) is 10.7 Å². The van der Waals surface area contributed by atoms with Gasteiger partial charge in [-0.2, -0.15) is 10.4 Å². The van der Waals surface area contributed by atoms with Crippen LogP contribution in [-0.4, -0.2) is 28.3 Å². The molecular weight excluding hydrogens is 360 g/mol. The van der Waals surface area contributed by atoms with Crippen LogP contribution in [0.15, 0.2) is 53.3 Å². The van der Waals surface area contributed by atoms with Gasteiger partial charge in [-0.05, 0) is 31.2 Å². The third-order valence-corrected chi connectivity index (χ3v) is 3.97. The Balaban J connectivity index is 1.76. The summed E-state index contributed by atoms with van der Waals surface area (Å²) >= 11 is 0. The second-order valence-corrected chi connectivity index (χ2v) is 5.83. The molecule has 1 heterocycles. The van der Waals surface area contributed by atoms with Crippen molar-refractivity contribution in [1.82, 2.24) is 9.78 Å². The van der Waals surface area contributed by atoms with Crippen LogP contribution < -0.4 is 10.9 Å². The van der Waals surface area contributed by atoms with Gasteiger partial charge in [0.05, 0.1) is 17.0 Å². The fraction of sp³-hybridized carbons (Fsp3) is 0.150. The first-order chi connectivity index (χ1) is 13.5. The van der Waals surface area contributed by atoms with E-state index in [4.69, 9.17) is 10.00 Å². The van der Waals surface area contributed by atoms with Crippen LogP contribution in [0.2, 0.25) is 0 Å². The summed E-state index contributed by atoms with van der Waals surface area (Å²) in [6, 6.07) is 14.9. The molecule has 1 aromatic heterocycles. The number of esters is 1. The number of anilines is 1. The Morgan fingerprint density at radius 2 is 1.93 bits per heavy atom. The molecule has 0 saturated heterocycles. The van der Waals surface area contributed by atoms with Crippen molar-refractivity contribution in [2.45, 2.75) is 13.5 Å². The molecule has 0 aliphatic heterocycles. The summed E-state index contributed by atoms with van der Waals surface area (Å²) in [6.07, 6.45) is 0. The number of fused-ring (bicyclic) bond motifs is 1. The van der Waals surface area contributed by atoms with Crippen LogP contribution in [-0.2, 0) is 16.1 Å². The van der Waals surface area contributed by atoms with Crippen molar-refractivity contribution in [3.63, 3.8) is 0 Å².